The lowest BCUT2D eigenvalue weighted by molar-refractivity contribution is -0.129. The second kappa shape index (κ2) is 8.97. The molecule has 0 bridgehead atoms. The minimum atomic E-state index is -0.940. The van der Waals surface area contributed by atoms with Gasteiger partial charge >= 0.3 is 5.97 Å². The first kappa shape index (κ1) is 20.0. The highest BCUT2D eigenvalue weighted by Gasteiger charge is 2.24. The monoisotopic (exact) mass is 403 g/mol. The summed E-state index contributed by atoms with van der Waals surface area (Å²) in [6.07, 6.45) is -0.0567. The molecule has 7 heteroatoms. The van der Waals surface area contributed by atoms with Gasteiger partial charge in [-0.2, -0.15) is 0 Å². The van der Waals surface area contributed by atoms with Crippen LogP contribution in [0.3, 0.4) is 0 Å². The van der Waals surface area contributed by atoms with Gasteiger partial charge in [0, 0.05) is 12.5 Å². The number of esters is 1. The molecular weight excluding hydrogens is 382 g/mol. The lowest BCUT2D eigenvalue weighted by Crippen LogP contribution is -2.38. The maximum Gasteiger partial charge on any atom is 0.339 e. The van der Waals surface area contributed by atoms with Gasteiger partial charge < -0.3 is 19.5 Å². The molecule has 1 amide bonds. The third kappa shape index (κ3) is 4.57. The topological polar surface area (TPSA) is 73.9 Å². The first-order valence-corrected chi connectivity index (χ1v) is 9.50. The maximum absolute atomic E-state index is 12.4. The van der Waals surface area contributed by atoms with Crippen molar-refractivity contribution in [2.75, 3.05) is 13.3 Å². The zero-order valence-corrected chi connectivity index (χ0v) is 16.5. The van der Waals surface area contributed by atoms with E-state index < -0.39 is 12.1 Å². The van der Waals surface area contributed by atoms with Crippen molar-refractivity contribution in [2.24, 2.45) is 0 Å². The van der Waals surface area contributed by atoms with Gasteiger partial charge in [-0.25, -0.2) is 4.79 Å². The predicted octanol–water partition coefficient (Wildman–Crippen LogP) is 3.92. The van der Waals surface area contributed by atoms with Crippen molar-refractivity contribution < 1.29 is 23.8 Å². The fourth-order valence-corrected chi connectivity index (χ4v) is 3.22. The molecule has 0 radical (unpaired) electrons. The molecule has 1 N–H and O–H groups in total. The normalized spacial score (nSPS) is 14.2. The van der Waals surface area contributed by atoms with Crippen LogP contribution in [0.4, 0.5) is 0 Å². The molecule has 1 aliphatic heterocycles. The Labute approximate surface area is 168 Å². The summed E-state index contributed by atoms with van der Waals surface area (Å²) in [6.45, 7) is 4.12. The number of carbonyl (C=O) groups excluding carboxylic acids is 2. The van der Waals surface area contributed by atoms with E-state index in [0.29, 0.717) is 18.0 Å². The molecule has 0 aliphatic carbocycles. The first-order valence-electron chi connectivity index (χ1n) is 9.12. The minimum Gasteiger partial charge on any atom is -0.454 e. The Morgan fingerprint density at radius 2 is 1.96 bits per heavy atom. The van der Waals surface area contributed by atoms with E-state index in [1.54, 1.807) is 0 Å². The standard InChI is InChI=1S/C21H22ClNO5/c1-3-14(15-7-5-4-6-8-15)11-23-20(24)13(2)28-21(25)16-9-17(22)19-18(10-16)26-12-27-19/h4-10,13-14H,3,11-12H2,1-2H3,(H,23,24)/t13-,14-/m0/s1. The number of halogens is 1. The zero-order chi connectivity index (χ0) is 20.1. The van der Waals surface area contributed by atoms with E-state index in [0.717, 1.165) is 12.0 Å². The fraction of sp³-hybridized carbons (Fsp3) is 0.333. The SMILES string of the molecule is CC[C@@H](CNC(=O)[C@H](C)OC(=O)c1cc(Cl)c2c(c1)OCO2)c1ccccc1. The van der Waals surface area contributed by atoms with Crippen molar-refractivity contribution in [2.45, 2.75) is 32.3 Å². The number of fused-ring (bicyclic) bond motifs is 1. The van der Waals surface area contributed by atoms with E-state index in [1.165, 1.54) is 19.1 Å². The van der Waals surface area contributed by atoms with E-state index in [4.69, 9.17) is 25.8 Å². The molecular formula is C21H22ClNO5. The Bertz CT molecular complexity index is 855. The maximum atomic E-state index is 12.4. The van der Waals surface area contributed by atoms with Crippen LogP contribution in [-0.4, -0.2) is 31.3 Å². The molecule has 3 rings (SSSR count). The van der Waals surface area contributed by atoms with Gasteiger partial charge in [-0.1, -0.05) is 48.9 Å². The first-order chi connectivity index (χ1) is 13.5. The fourth-order valence-electron chi connectivity index (χ4n) is 2.96. The molecule has 0 spiro atoms. The van der Waals surface area contributed by atoms with Gasteiger partial charge in [0.2, 0.25) is 6.79 Å². The average Bonchev–Trinajstić information content (AvgIpc) is 3.18. The molecule has 1 heterocycles. The van der Waals surface area contributed by atoms with E-state index >= 15 is 0 Å². The second-order valence-electron chi connectivity index (χ2n) is 6.50. The van der Waals surface area contributed by atoms with Crippen molar-refractivity contribution in [3.8, 4) is 11.5 Å². The van der Waals surface area contributed by atoms with E-state index in [2.05, 4.69) is 12.2 Å². The summed E-state index contributed by atoms with van der Waals surface area (Å²) in [5.74, 6) is -0.0334. The molecule has 28 heavy (non-hydrogen) atoms. The lowest BCUT2D eigenvalue weighted by Gasteiger charge is -2.18. The smallest absolute Gasteiger partial charge is 0.339 e. The highest BCUT2D eigenvalue weighted by Crippen LogP contribution is 2.39. The second-order valence-corrected chi connectivity index (χ2v) is 6.91. The number of rotatable bonds is 7. The third-order valence-corrected chi connectivity index (χ3v) is 4.88. The molecule has 0 fully saturated rings. The summed E-state index contributed by atoms with van der Waals surface area (Å²) >= 11 is 6.08. The summed E-state index contributed by atoms with van der Waals surface area (Å²) in [5, 5.41) is 3.11. The largest absolute Gasteiger partial charge is 0.454 e. The minimum absolute atomic E-state index is 0.0480. The number of carbonyl (C=O) groups is 2. The molecule has 0 aromatic heterocycles. The zero-order valence-electron chi connectivity index (χ0n) is 15.7. The van der Waals surface area contributed by atoms with Gasteiger partial charge in [-0.3, -0.25) is 4.79 Å². The number of benzene rings is 2. The van der Waals surface area contributed by atoms with Crippen LogP contribution in [-0.2, 0) is 9.53 Å². The lowest BCUT2D eigenvalue weighted by atomic mass is 9.96. The summed E-state index contributed by atoms with van der Waals surface area (Å²) in [5.41, 5.74) is 1.36. The van der Waals surface area contributed by atoms with Crippen LogP contribution in [0.5, 0.6) is 11.5 Å². The summed E-state index contributed by atoms with van der Waals surface area (Å²) in [4.78, 5) is 24.7. The van der Waals surface area contributed by atoms with Crippen LogP contribution < -0.4 is 14.8 Å². The molecule has 6 nitrogen and oxygen atoms in total. The average molecular weight is 404 g/mol. The third-order valence-electron chi connectivity index (χ3n) is 4.60. The molecule has 148 valence electrons. The van der Waals surface area contributed by atoms with Crippen molar-refractivity contribution in [3.63, 3.8) is 0 Å². The Morgan fingerprint density at radius 1 is 1.21 bits per heavy atom. The van der Waals surface area contributed by atoms with E-state index in [9.17, 15) is 9.59 Å². The van der Waals surface area contributed by atoms with Gasteiger partial charge in [-0.05, 0) is 31.0 Å². The summed E-state index contributed by atoms with van der Waals surface area (Å²) < 4.78 is 15.7. The van der Waals surface area contributed by atoms with Crippen LogP contribution in [0.1, 0.15) is 42.1 Å². The quantitative estimate of drug-likeness (QED) is 0.709. The molecule has 0 saturated heterocycles. The Hall–Kier alpha value is -2.73. The molecule has 2 aromatic carbocycles. The summed E-state index contributed by atoms with van der Waals surface area (Å²) in [6, 6.07) is 12.9. The number of nitrogens with one attached hydrogen (secondary N) is 1. The van der Waals surface area contributed by atoms with Crippen molar-refractivity contribution in [1.82, 2.24) is 5.32 Å². The number of hydrogen-bond acceptors (Lipinski definition) is 5. The predicted molar refractivity (Wildman–Crippen MR) is 105 cm³/mol. The number of amides is 1. The van der Waals surface area contributed by atoms with Crippen LogP contribution in [0.2, 0.25) is 5.02 Å². The van der Waals surface area contributed by atoms with Crippen molar-refractivity contribution in [1.29, 1.82) is 0 Å². The molecule has 0 saturated carbocycles. The van der Waals surface area contributed by atoms with Gasteiger partial charge in [0.25, 0.3) is 5.91 Å². The Balaban J connectivity index is 1.57. The number of hydrogen-bond donors (Lipinski definition) is 1. The van der Waals surface area contributed by atoms with Crippen molar-refractivity contribution in [3.05, 3.63) is 58.6 Å². The van der Waals surface area contributed by atoms with Crippen molar-refractivity contribution >= 4 is 23.5 Å². The van der Waals surface area contributed by atoms with Crippen LogP contribution in [0, 0.1) is 0 Å². The highest BCUT2D eigenvalue weighted by molar-refractivity contribution is 6.32. The number of ether oxygens (including phenoxy) is 3. The highest BCUT2D eigenvalue weighted by atomic mass is 35.5. The van der Waals surface area contributed by atoms with E-state index in [-0.39, 0.29) is 29.2 Å². The van der Waals surface area contributed by atoms with Crippen LogP contribution in [0.25, 0.3) is 0 Å². The van der Waals surface area contributed by atoms with Crippen LogP contribution in [0.15, 0.2) is 42.5 Å². The van der Waals surface area contributed by atoms with Gasteiger partial charge in [-0.15, -0.1) is 0 Å². The summed E-state index contributed by atoms with van der Waals surface area (Å²) in [7, 11) is 0. The van der Waals surface area contributed by atoms with Gasteiger partial charge in [0.1, 0.15) is 0 Å². The Kier molecular flexibility index (Phi) is 6.41. The van der Waals surface area contributed by atoms with Crippen LogP contribution >= 0.6 is 11.6 Å². The Morgan fingerprint density at radius 3 is 2.68 bits per heavy atom. The molecule has 2 aromatic rings. The van der Waals surface area contributed by atoms with E-state index in [1.807, 2.05) is 30.3 Å². The van der Waals surface area contributed by atoms with Gasteiger partial charge in [0.05, 0.1) is 10.6 Å². The molecule has 2 atom stereocenters. The molecule has 1 aliphatic rings. The molecule has 0 unspecified atom stereocenters. The van der Waals surface area contributed by atoms with Gasteiger partial charge in [0.15, 0.2) is 17.6 Å².